The number of likely N-dealkylation sites (tertiary alicyclic amines) is 1. The van der Waals surface area contributed by atoms with Crippen LogP contribution in [0.4, 0.5) is 0 Å². The Hall–Kier alpha value is -2.22. The third kappa shape index (κ3) is 7.97. The van der Waals surface area contributed by atoms with Gasteiger partial charge in [-0.05, 0) is 31.9 Å². The number of esters is 1. The molecular weight excluding hydrogens is 388 g/mol. The molecular formula is C21H32N4O3S. The SMILES string of the molecule is CCOC(=O)C1CCCN(C(=NCC(=O)N(C)C)NCCSc2ccccc2)C1. The predicted molar refractivity (Wildman–Crippen MR) is 117 cm³/mol. The van der Waals surface area contributed by atoms with Crippen molar-refractivity contribution in [1.82, 2.24) is 15.1 Å². The second kappa shape index (κ2) is 12.4. The molecule has 0 saturated carbocycles. The fourth-order valence-electron chi connectivity index (χ4n) is 3.02. The first-order chi connectivity index (χ1) is 14.0. The standard InChI is InChI=1S/C21H32N4O3S/c1-4-28-20(27)17-9-8-13-25(16-17)21(23-15-19(26)24(2)3)22-12-14-29-18-10-6-5-7-11-18/h5-7,10-11,17H,4,8-9,12-16H2,1-3H3,(H,22,23). The van der Waals surface area contributed by atoms with Gasteiger partial charge < -0.3 is 19.9 Å². The highest BCUT2D eigenvalue weighted by molar-refractivity contribution is 7.99. The van der Waals surface area contributed by atoms with Gasteiger partial charge in [-0.15, -0.1) is 11.8 Å². The lowest BCUT2D eigenvalue weighted by molar-refractivity contribution is -0.149. The second-order valence-electron chi connectivity index (χ2n) is 7.05. The summed E-state index contributed by atoms with van der Waals surface area (Å²) in [4.78, 5) is 33.5. The van der Waals surface area contributed by atoms with Gasteiger partial charge in [0.05, 0.1) is 12.5 Å². The van der Waals surface area contributed by atoms with E-state index in [1.807, 2.05) is 25.1 Å². The summed E-state index contributed by atoms with van der Waals surface area (Å²) in [6.45, 7) is 4.39. The first-order valence-electron chi connectivity index (χ1n) is 10.1. The number of rotatable bonds is 8. The molecule has 7 nitrogen and oxygen atoms in total. The van der Waals surface area contributed by atoms with Crippen LogP contribution in [0, 0.1) is 5.92 Å². The van der Waals surface area contributed by atoms with Gasteiger partial charge in [0.25, 0.3) is 0 Å². The lowest BCUT2D eigenvalue weighted by atomic mass is 9.98. The largest absolute Gasteiger partial charge is 0.466 e. The molecule has 0 spiro atoms. The van der Waals surface area contributed by atoms with E-state index in [1.165, 1.54) is 9.80 Å². The van der Waals surface area contributed by atoms with E-state index in [9.17, 15) is 9.59 Å². The van der Waals surface area contributed by atoms with Crippen molar-refractivity contribution in [2.24, 2.45) is 10.9 Å². The van der Waals surface area contributed by atoms with Crippen molar-refractivity contribution >= 4 is 29.6 Å². The van der Waals surface area contributed by atoms with Crippen LogP contribution in [0.15, 0.2) is 40.2 Å². The minimum atomic E-state index is -0.154. The Morgan fingerprint density at radius 2 is 2.07 bits per heavy atom. The average Bonchev–Trinajstić information content (AvgIpc) is 2.74. The summed E-state index contributed by atoms with van der Waals surface area (Å²) in [5, 5.41) is 3.38. The lowest BCUT2D eigenvalue weighted by Crippen LogP contribution is -2.49. The maximum atomic E-state index is 12.2. The molecule has 1 amide bonds. The van der Waals surface area contributed by atoms with Crippen LogP contribution in [0.3, 0.4) is 0 Å². The summed E-state index contributed by atoms with van der Waals surface area (Å²) in [6.07, 6.45) is 1.72. The number of hydrogen-bond acceptors (Lipinski definition) is 5. The third-order valence-electron chi connectivity index (χ3n) is 4.60. The molecule has 1 saturated heterocycles. The van der Waals surface area contributed by atoms with Gasteiger partial charge in [0, 0.05) is 44.4 Å². The Labute approximate surface area is 177 Å². The molecule has 2 rings (SSSR count). The highest BCUT2D eigenvalue weighted by Crippen LogP contribution is 2.19. The molecule has 0 aliphatic carbocycles. The molecule has 1 aliphatic rings. The van der Waals surface area contributed by atoms with Crippen LogP contribution >= 0.6 is 11.8 Å². The van der Waals surface area contributed by atoms with Crippen molar-refractivity contribution in [3.05, 3.63) is 30.3 Å². The van der Waals surface area contributed by atoms with Crippen LogP contribution in [0.25, 0.3) is 0 Å². The van der Waals surface area contributed by atoms with Gasteiger partial charge in [0.1, 0.15) is 6.54 Å². The number of amides is 1. The zero-order valence-corrected chi connectivity index (χ0v) is 18.4. The van der Waals surface area contributed by atoms with Gasteiger partial charge in [0.15, 0.2) is 5.96 Å². The molecule has 0 bridgehead atoms. The van der Waals surface area contributed by atoms with E-state index in [1.54, 1.807) is 25.9 Å². The van der Waals surface area contributed by atoms with Crippen LogP contribution in [0.2, 0.25) is 0 Å². The van der Waals surface area contributed by atoms with Crippen LogP contribution < -0.4 is 5.32 Å². The van der Waals surface area contributed by atoms with Gasteiger partial charge in [0.2, 0.25) is 5.91 Å². The monoisotopic (exact) mass is 420 g/mol. The smallest absolute Gasteiger partial charge is 0.310 e. The van der Waals surface area contributed by atoms with Crippen molar-refractivity contribution in [1.29, 1.82) is 0 Å². The summed E-state index contributed by atoms with van der Waals surface area (Å²) >= 11 is 1.77. The number of hydrogen-bond donors (Lipinski definition) is 1. The van der Waals surface area contributed by atoms with Crippen molar-refractivity contribution < 1.29 is 14.3 Å². The van der Waals surface area contributed by atoms with Crippen LogP contribution in [-0.2, 0) is 14.3 Å². The molecule has 0 aromatic heterocycles. The molecule has 1 N–H and O–H groups in total. The number of benzene rings is 1. The van der Waals surface area contributed by atoms with E-state index in [2.05, 4.69) is 27.3 Å². The first-order valence-corrected chi connectivity index (χ1v) is 11.1. The number of carbonyl (C=O) groups excluding carboxylic acids is 2. The number of carbonyl (C=O) groups is 2. The molecule has 1 heterocycles. The number of thioether (sulfide) groups is 1. The lowest BCUT2D eigenvalue weighted by Gasteiger charge is -2.34. The number of nitrogens with one attached hydrogen (secondary N) is 1. The minimum absolute atomic E-state index is 0.0538. The quantitative estimate of drug-likeness (QED) is 0.228. The highest BCUT2D eigenvalue weighted by atomic mass is 32.2. The molecule has 0 radical (unpaired) electrons. The fraction of sp³-hybridized carbons (Fsp3) is 0.571. The van der Waals surface area contributed by atoms with Crippen molar-refractivity contribution in [2.75, 3.05) is 52.6 Å². The molecule has 29 heavy (non-hydrogen) atoms. The molecule has 1 atom stereocenters. The number of aliphatic imine (C=N–C) groups is 1. The molecule has 1 unspecified atom stereocenters. The normalized spacial score (nSPS) is 17.0. The number of ether oxygens (including phenoxy) is 1. The number of piperidine rings is 1. The van der Waals surface area contributed by atoms with E-state index < -0.39 is 0 Å². The Balaban J connectivity index is 1.97. The van der Waals surface area contributed by atoms with E-state index >= 15 is 0 Å². The number of nitrogens with zero attached hydrogens (tertiary/aromatic N) is 3. The van der Waals surface area contributed by atoms with E-state index in [4.69, 9.17) is 4.74 Å². The van der Waals surface area contributed by atoms with Gasteiger partial charge in [-0.1, -0.05) is 18.2 Å². The summed E-state index contributed by atoms with van der Waals surface area (Å²) < 4.78 is 5.20. The van der Waals surface area contributed by atoms with Crippen LogP contribution in [0.5, 0.6) is 0 Å². The topological polar surface area (TPSA) is 74.2 Å². The van der Waals surface area contributed by atoms with Crippen LogP contribution in [-0.4, -0.2) is 80.3 Å². The summed E-state index contributed by atoms with van der Waals surface area (Å²) in [5.74, 6) is 1.20. The number of guanidine groups is 1. The average molecular weight is 421 g/mol. The van der Waals surface area contributed by atoms with Crippen molar-refractivity contribution in [2.45, 2.75) is 24.7 Å². The maximum Gasteiger partial charge on any atom is 0.310 e. The van der Waals surface area contributed by atoms with Crippen molar-refractivity contribution in [3.8, 4) is 0 Å². The molecule has 1 fully saturated rings. The summed E-state index contributed by atoms with van der Waals surface area (Å²) in [6, 6.07) is 10.2. The van der Waals surface area contributed by atoms with Gasteiger partial charge >= 0.3 is 5.97 Å². The Morgan fingerprint density at radius 1 is 1.31 bits per heavy atom. The molecule has 8 heteroatoms. The van der Waals surface area contributed by atoms with E-state index in [-0.39, 0.29) is 24.3 Å². The van der Waals surface area contributed by atoms with E-state index in [0.717, 1.165) is 31.7 Å². The molecule has 160 valence electrons. The van der Waals surface area contributed by atoms with Crippen LogP contribution in [0.1, 0.15) is 19.8 Å². The van der Waals surface area contributed by atoms with Gasteiger partial charge in [-0.3, -0.25) is 9.59 Å². The maximum absolute atomic E-state index is 12.2. The highest BCUT2D eigenvalue weighted by Gasteiger charge is 2.28. The van der Waals surface area contributed by atoms with Gasteiger partial charge in [-0.25, -0.2) is 4.99 Å². The second-order valence-corrected chi connectivity index (χ2v) is 8.22. The predicted octanol–water partition coefficient (Wildman–Crippen LogP) is 2.09. The zero-order valence-electron chi connectivity index (χ0n) is 17.6. The summed E-state index contributed by atoms with van der Waals surface area (Å²) in [5.41, 5.74) is 0. The Morgan fingerprint density at radius 3 is 2.76 bits per heavy atom. The third-order valence-corrected chi connectivity index (χ3v) is 5.61. The van der Waals surface area contributed by atoms with Gasteiger partial charge in [-0.2, -0.15) is 0 Å². The Kier molecular flexibility index (Phi) is 9.83. The molecule has 1 aromatic rings. The van der Waals surface area contributed by atoms with Crippen molar-refractivity contribution in [3.63, 3.8) is 0 Å². The first kappa shape index (κ1) is 23.1. The fourth-order valence-corrected chi connectivity index (χ4v) is 3.81. The minimum Gasteiger partial charge on any atom is -0.466 e. The zero-order chi connectivity index (χ0) is 21.1. The number of likely N-dealkylation sites (N-methyl/N-ethyl adjacent to an activating group) is 1. The summed E-state index contributed by atoms with van der Waals surface area (Å²) in [7, 11) is 3.44. The van der Waals surface area contributed by atoms with E-state index in [0.29, 0.717) is 19.1 Å². The Bertz CT molecular complexity index is 682. The molecule has 1 aliphatic heterocycles. The molecule has 1 aromatic carbocycles.